The average Bonchev–Trinajstić information content (AvgIpc) is 3.37. The van der Waals surface area contributed by atoms with Gasteiger partial charge in [0.2, 0.25) is 0 Å². The van der Waals surface area contributed by atoms with E-state index in [-0.39, 0.29) is 5.91 Å². The zero-order valence-electron chi connectivity index (χ0n) is 18.1. The zero-order valence-corrected chi connectivity index (χ0v) is 18.1. The molecule has 1 aromatic carbocycles. The molecule has 0 saturated carbocycles. The summed E-state index contributed by atoms with van der Waals surface area (Å²) in [4.78, 5) is 15.7. The maximum Gasteiger partial charge on any atom is 0.257 e. The Morgan fingerprint density at radius 2 is 1.87 bits per heavy atom. The predicted molar refractivity (Wildman–Crippen MR) is 120 cm³/mol. The van der Waals surface area contributed by atoms with Gasteiger partial charge in [0.15, 0.2) is 5.82 Å². The molecule has 1 aliphatic rings. The van der Waals surface area contributed by atoms with Gasteiger partial charge in [-0.25, -0.2) is 4.68 Å². The molecule has 4 rings (SSSR count). The Hall–Kier alpha value is -2.86. The molecule has 1 atom stereocenters. The first-order chi connectivity index (χ1) is 14.5. The highest BCUT2D eigenvalue weighted by Gasteiger charge is 2.24. The molecule has 3 aromatic rings. The van der Waals surface area contributed by atoms with Crippen LogP contribution in [-0.4, -0.2) is 50.8 Å². The van der Waals surface area contributed by atoms with Gasteiger partial charge < -0.3 is 9.88 Å². The van der Waals surface area contributed by atoms with Crippen molar-refractivity contribution >= 4 is 5.91 Å². The van der Waals surface area contributed by atoms with E-state index in [4.69, 9.17) is 5.10 Å². The molecule has 1 amide bonds. The van der Waals surface area contributed by atoms with Crippen molar-refractivity contribution in [2.75, 3.05) is 19.6 Å². The Kier molecular flexibility index (Phi) is 6.04. The second kappa shape index (κ2) is 8.88. The van der Waals surface area contributed by atoms with Gasteiger partial charge in [0.25, 0.3) is 5.91 Å². The number of hydrogen-bond donors (Lipinski definition) is 1. The monoisotopic (exact) mass is 405 g/mol. The van der Waals surface area contributed by atoms with Crippen molar-refractivity contribution in [3.63, 3.8) is 0 Å². The Morgan fingerprint density at radius 3 is 2.57 bits per heavy atom. The van der Waals surface area contributed by atoms with E-state index in [1.165, 1.54) is 24.8 Å². The molecule has 30 heavy (non-hydrogen) atoms. The fourth-order valence-electron chi connectivity index (χ4n) is 4.25. The van der Waals surface area contributed by atoms with Crippen LogP contribution in [0.15, 0.2) is 48.8 Å². The summed E-state index contributed by atoms with van der Waals surface area (Å²) in [5.74, 6) is 0.699. The summed E-state index contributed by atoms with van der Waals surface area (Å²) in [6, 6.07) is 12.7. The topological polar surface area (TPSA) is 55.1 Å². The van der Waals surface area contributed by atoms with Crippen LogP contribution in [0.5, 0.6) is 0 Å². The Bertz CT molecular complexity index is 988. The maximum atomic E-state index is 13.2. The van der Waals surface area contributed by atoms with E-state index in [1.807, 2.05) is 52.8 Å². The number of hydrogen-bond acceptors (Lipinski definition) is 3. The normalized spacial score (nSPS) is 17.2. The van der Waals surface area contributed by atoms with Crippen molar-refractivity contribution in [2.45, 2.75) is 46.1 Å². The van der Waals surface area contributed by atoms with Gasteiger partial charge in [-0.1, -0.05) is 24.1 Å². The second-order valence-corrected chi connectivity index (χ2v) is 8.26. The lowest BCUT2D eigenvalue weighted by Crippen LogP contribution is -2.42. The Balaban J connectivity index is 1.59. The smallest absolute Gasteiger partial charge is 0.257 e. The van der Waals surface area contributed by atoms with E-state index in [0.717, 1.165) is 30.3 Å². The molecule has 1 N–H and O–H groups in total. The van der Waals surface area contributed by atoms with Gasteiger partial charge in [-0.05, 0) is 64.4 Å². The van der Waals surface area contributed by atoms with Crippen LogP contribution in [0, 0.1) is 13.8 Å². The van der Waals surface area contributed by atoms with E-state index in [2.05, 4.69) is 36.2 Å². The van der Waals surface area contributed by atoms with Gasteiger partial charge in [-0.3, -0.25) is 9.69 Å². The third kappa shape index (κ3) is 4.19. The summed E-state index contributed by atoms with van der Waals surface area (Å²) in [7, 11) is 0. The van der Waals surface area contributed by atoms with Crippen molar-refractivity contribution in [1.82, 2.24) is 24.6 Å². The second-order valence-electron chi connectivity index (χ2n) is 8.26. The van der Waals surface area contributed by atoms with Crippen molar-refractivity contribution in [1.29, 1.82) is 0 Å². The molecule has 3 heterocycles. The number of aryl methyl sites for hydroxylation is 2. The van der Waals surface area contributed by atoms with Crippen LogP contribution in [0.1, 0.15) is 47.8 Å². The summed E-state index contributed by atoms with van der Waals surface area (Å²) >= 11 is 0. The quantitative estimate of drug-likeness (QED) is 0.677. The number of carbonyl (C=O) groups is 1. The summed E-state index contributed by atoms with van der Waals surface area (Å²) in [5.41, 5.74) is 3.48. The molecule has 0 aliphatic carbocycles. The number of aromatic nitrogens is 3. The SMILES string of the molecule is Cc1ccc(-n2nc(C)c(C(=O)NCCN3CCCC[C@H]3C)c2-n2cccc2)cc1. The standard InChI is InChI=1S/C24H31N5O/c1-18-9-11-21(12-10-18)29-24(28-15-6-7-16-28)22(20(3)26-29)23(30)25-13-17-27-14-5-4-8-19(27)2/h6-7,9-12,15-16,19H,4-5,8,13-14,17H2,1-3H3,(H,25,30)/t19-/m1/s1. The van der Waals surface area contributed by atoms with E-state index in [9.17, 15) is 4.79 Å². The van der Waals surface area contributed by atoms with Gasteiger partial charge >= 0.3 is 0 Å². The minimum absolute atomic E-state index is 0.0702. The van der Waals surface area contributed by atoms with Crippen LogP contribution in [0.3, 0.4) is 0 Å². The fourth-order valence-corrected chi connectivity index (χ4v) is 4.25. The van der Waals surface area contributed by atoms with Crippen LogP contribution in [0.2, 0.25) is 0 Å². The van der Waals surface area contributed by atoms with Crippen molar-refractivity contribution < 1.29 is 4.79 Å². The number of amides is 1. The molecule has 6 nitrogen and oxygen atoms in total. The van der Waals surface area contributed by atoms with Gasteiger partial charge in [0.1, 0.15) is 5.56 Å². The molecule has 158 valence electrons. The largest absolute Gasteiger partial charge is 0.351 e. The summed E-state index contributed by atoms with van der Waals surface area (Å²) in [6.07, 6.45) is 7.70. The van der Waals surface area contributed by atoms with E-state index in [1.54, 1.807) is 0 Å². The van der Waals surface area contributed by atoms with E-state index in [0.29, 0.717) is 18.2 Å². The van der Waals surface area contributed by atoms with Crippen LogP contribution in [0.4, 0.5) is 0 Å². The lowest BCUT2D eigenvalue weighted by molar-refractivity contribution is 0.0938. The molecule has 0 bridgehead atoms. The summed E-state index contributed by atoms with van der Waals surface area (Å²) < 4.78 is 3.82. The molecular formula is C24H31N5O. The molecule has 1 saturated heterocycles. The Morgan fingerprint density at radius 1 is 1.13 bits per heavy atom. The molecule has 0 unspecified atom stereocenters. The van der Waals surface area contributed by atoms with Crippen molar-refractivity contribution in [3.8, 4) is 11.5 Å². The Labute approximate surface area is 178 Å². The van der Waals surface area contributed by atoms with Crippen molar-refractivity contribution in [3.05, 3.63) is 65.6 Å². The van der Waals surface area contributed by atoms with E-state index < -0.39 is 0 Å². The highest BCUT2D eigenvalue weighted by molar-refractivity contribution is 5.98. The number of nitrogens with zero attached hydrogens (tertiary/aromatic N) is 4. The first-order valence-electron chi connectivity index (χ1n) is 10.9. The van der Waals surface area contributed by atoms with Gasteiger partial charge in [-0.15, -0.1) is 0 Å². The number of rotatable bonds is 6. The number of nitrogens with one attached hydrogen (secondary N) is 1. The first kappa shape index (κ1) is 20.4. The maximum absolute atomic E-state index is 13.2. The third-order valence-electron chi connectivity index (χ3n) is 6.02. The third-order valence-corrected chi connectivity index (χ3v) is 6.02. The summed E-state index contributed by atoms with van der Waals surface area (Å²) in [5, 5.41) is 7.86. The van der Waals surface area contributed by atoms with Gasteiger partial charge in [0.05, 0.1) is 11.4 Å². The molecule has 0 spiro atoms. The molecule has 1 aliphatic heterocycles. The minimum Gasteiger partial charge on any atom is -0.351 e. The molecule has 6 heteroatoms. The first-order valence-corrected chi connectivity index (χ1v) is 10.9. The number of piperidine rings is 1. The lowest BCUT2D eigenvalue weighted by Gasteiger charge is -2.33. The van der Waals surface area contributed by atoms with Crippen LogP contribution in [-0.2, 0) is 0 Å². The predicted octanol–water partition coefficient (Wildman–Crippen LogP) is 3.88. The van der Waals surface area contributed by atoms with Crippen LogP contribution >= 0.6 is 0 Å². The molecule has 1 fully saturated rings. The van der Waals surface area contributed by atoms with E-state index >= 15 is 0 Å². The summed E-state index contributed by atoms with van der Waals surface area (Å²) in [6.45, 7) is 8.89. The molecule has 0 radical (unpaired) electrons. The number of likely N-dealkylation sites (tertiary alicyclic amines) is 1. The van der Waals surface area contributed by atoms with Crippen LogP contribution < -0.4 is 5.32 Å². The number of benzene rings is 1. The minimum atomic E-state index is -0.0702. The average molecular weight is 406 g/mol. The highest BCUT2D eigenvalue weighted by atomic mass is 16.1. The van der Waals surface area contributed by atoms with Gasteiger partial charge in [0, 0.05) is 31.5 Å². The fraction of sp³-hybridized carbons (Fsp3) is 0.417. The lowest BCUT2D eigenvalue weighted by atomic mass is 10.0. The van der Waals surface area contributed by atoms with Gasteiger partial charge in [-0.2, -0.15) is 5.10 Å². The zero-order chi connectivity index (χ0) is 21.1. The highest BCUT2D eigenvalue weighted by Crippen LogP contribution is 2.23. The molecule has 2 aromatic heterocycles. The molecular weight excluding hydrogens is 374 g/mol. The van der Waals surface area contributed by atoms with Crippen molar-refractivity contribution in [2.24, 2.45) is 0 Å². The van der Waals surface area contributed by atoms with Crippen LogP contribution in [0.25, 0.3) is 11.5 Å². The number of carbonyl (C=O) groups excluding carboxylic acids is 1.